The largest absolute Gasteiger partial charge is 0.451 e. The van der Waals surface area contributed by atoms with E-state index in [-0.39, 0.29) is 39.1 Å². The highest BCUT2D eigenvalue weighted by molar-refractivity contribution is 7.89. The van der Waals surface area contributed by atoms with Crippen molar-refractivity contribution in [3.05, 3.63) is 60.2 Å². The van der Waals surface area contributed by atoms with Crippen molar-refractivity contribution in [3.63, 3.8) is 0 Å². The van der Waals surface area contributed by atoms with E-state index >= 15 is 0 Å². The van der Waals surface area contributed by atoms with E-state index in [2.05, 4.69) is 15.3 Å². The van der Waals surface area contributed by atoms with Crippen molar-refractivity contribution in [1.29, 1.82) is 0 Å². The number of nitrogens with two attached hydrogens (primary N) is 1. The second-order valence-corrected chi connectivity index (χ2v) is 8.68. The molecule has 3 aromatic rings. The fourth-order valence-corrected chi connectivity index (χ4v) is 3.59. The Labute approximate surface area is 175 Å². The molecule has 1 aliphatic carbocycles. The Kier molecular flexibility index (Phi) is 5.18. The summed E-state index contributed by atoms with van der Waals surface area (Å²) in [7, 11) is -4.06. The van der Waals surface area contributed by atoms with Crippen molar-refractivity contribution in [2.24, 2.45) is 5.14 Å². The van der Waals surface area contributed by atoms with Crippen LogP contribution >= 0.6 is 0 Å². The van der Waals surface area contributed by atoms with Gasteiger partial charge in [-0.2, -0.15) is 13.2 Å². The van der Waals surface area contributed by atoms with Gasteiger partial charge >= 0.3 is 6.18 Å². The van der Waals surface area contributed by atoms with Crippen LogP contribution in [-0.2, 0) is 16.2 Å². The zero-order chi connectivity index (χ0) is 22.4. The van der Waals surface area contributed by atoms with E-state index in [0.29, 0.717) is 0 Å². The highest BCUT2D eigenvalue weighted by atomic mass is 32.2. The van der Waals surface area contributed by atoms with Gasteiger partial charge in [-0.15, -0.1) is 0 Å². The van der Waals surface area contributed by atoms with Crippen LogP contribution in [0.2, 0.25) is 0 Å². The quantitative estimate of drug-likeness (QED) is 0.566. The average molecular weight is 452 g/mol. The van der Waals surface area contributed by atoms with Crippen molar-refractivity contribution in [2.75, 3.05) is 5.32 Å². The third-order valence-corrected chi connectivity index (χ3v) is 5.56. The molecule has 2 aromatic carbocycles. The van der Waals surface area contributed by atoms with E-state index < -0.39 is 27.8 Å². The number of hydrogen-bond donors (Lipinski definition) is 2. The predicted octanol–water partition coefficient (Wildman–Crippen LogP) is 4.19. The molecule has 0 spiro atoms. The number of sulfonamides is 1. The number of alkyl halides is 3. The molecule has 0 radical (unpaired) electrons. The molecule has 0 saturated heterocycles. The number of hydrogen-bond acceptors (Lipinski definition) is 5. The Morgan fingerprint density at radius 3 is 2.26 bits per heavy atom. The Morgan fingerprint density at radius 1 is 1.00 bits per heavy atom. The average Bonchev–Trinajstić information content (AvgIpc) is 3.51. The van der Waals surface area contributed by atoms with Gasteiger partial charge in [0.05, 0.1) is 16.2 Å². The highest BCUT2D eigenvalue weighted by Crippen LogP contribution is 2.41. The lowest BCUT2D eigenvalue weighted by molar-refractivity contribution is -0.144. The van der Waals surface area contributed by atoms with Gasteiger partial charge in [0.1, 0.15) is 11.6 Å². The number of aromatic nitrogens is 2. The first-order valence-corrected chi connectivity index (χ1v) is 10.7. The lowest BCUT2D eigenvalue weighted by Crippen LogP contribution is -2.16. The van der Waals surface area contributed by atoms with Gasteiger partial charge in [0.25, 0.3) is 0 Å². The summed E-state index contributed by atoms with van der Waals surface area (Å²) in [6.45, 7) is 0. The van der Waals surface area contributed by atoms with Gasteiger partial charge in [0, 0.05) is 11.6 Å². The molecule has 3 N–H and O–H groups in total. The molecule has 11 heteroatoms. The van der Waals surface area contributed by atoms with Gasteiger partial charge in [-0.3, -0.25) is 0 Å². The van der Waals surface area contributed by atoms with Gasteiger partial charge in [-0.1, -0.05) is 12.1 Å². The van der Waals surface area contributed by atoms with Crippen LogP contribution in [0.1, 0.15) is 18.7 Å². The van der Waals surface area contributed by atoms with E-state index in [1.54, 1.807) is 0 Å². The van der Waals surface area contributed by atoms with Crippen molar-refractivity contribution in [3.8, 4) is 22.4 Å². The summed E-state index contributed by atoms with van der Waals surface area (Å²) in [4.78, 5) is 7.20. The van der Waals surface area contributed by atoms with Crippen LogP contribution in [0.25, 0.3) is 22.4 Å². The predicted molar refractivity (Wildman–Crippen MR) is 106 cm³/mol. The van der Waals surface area contributed by atoms with E-state index in [0.717, 1.165) is 25.0 Å². The van der Waals surface area contributed by atoms with Crippen LogP contribution in [-0.4, -0.2) is 24.4 Å². The molecule has 0 unspecified atom stereocenters. The van der Waals surface area contributed by atoms with Crippen LogP contribution < -0.4 is 10.5 Å². The first-order chi connectivity index (χ1) is 14.5. The second-order valence-electron chi connectivity index (χ2n) is 7.12. The summed E-state index contributed by atoms with van der Waals surface area (Å²) in [6.07, 6.45) is -3.31. The number of halogens is 4. The summed E-state index contributed by atoms with van der Waals surface area (Å²) in [5.41, 5.74) is 0.515. The fraction of sp³-hybridized carbons (Fsp3) is 0.200. The number of anilines is 1. The third kappa shape index (κ3) is 4.67. The maximum atomic E-state index is 13.5. The van der Waals surface area contributed by atoms with Crippen molar-refractivity contribution in [2.45, 2.75) is 30.0 Å². The second kappa shape index (κ2) is 7.57. The van der Waals surface area contributed by atoms with Gasteiger partial charge in [0.2, 0.25) is 15.8 Å². The topological polar surface area (TPSA) is 98.0 Å². The maximum Gasteiger partial charge on any atom is 0.451 e. The van der Waals surface area contributed by atoms with Gasteiger partial charge in [0.15, 0.2) is 0 Å². The molecule has 6 nitrogen and oxygen atoms in total. The molecule has 1 heterocycles. The molecule has 0 amide bonds. The smallest absolute Gasteiger partial charge is 0.367 e. The van der Waals surface area contributed by atoms with Crippen LogP contribution in [0.5, 0.6) is 0 Å². The summed E-state index contributed by atoms with van der Waals surface area (Å²) < 4.78 is 77.6. The van der Waals surface area contributed by atoms with Crippen LogP contribution in [0, 0.1) is 5.82 Å². The van der Waals surface area contributed by atoms with Crippen molar-refractivity contribution in [1.82, 2.24) is 9.97 Å². The molecule has 4 rings (SSSR count). The lowest BCUT2D eigenvalue weighted by Gasteiger charge is -2.18. The SMILES string of the molecule is NS(=O)(=O)c1cccc(-c2c(NC3CC3)nc(C(F)(F)F)nc2-c2ccc(F)cc2)c1. The number of nitrogens with one attached hydrogen (secondary N) is 1. The molecule has 1 fully saturated rings. The maximum absolute atomic E-state index is 13.5. The van der Waals surface area contributed by atoms with Crippen LogP contribution in [0.4, 0.5) is 23.4 Å². The Bertz CT molecular complexity index is 1240. The highest BCUT2D eigenvalue weighted by Gasteiger charge is 2.37. The summed E-state index contributed by atoms with van der Waals surface area (Å²) >= 11 is 0. The number of nitrogens with zero attached hydrogens (tertiary/aromatic N) is 2. The Hall–Kier alpha value is -3.05. The van der Waals surface area contributed by atoms with Crippen molar-refractivity contribution >= 4 is 15.8 Å². The molecule has 1 saturated carbocycles. The Morgan fingerprint density at radius 2 is 1.68 bits per heavy atom. The number of rotatable bonds is 5. The molecule has 1 aliphatic rings. The molecule has 162 valence electrons. The first kappa shape index (κ1) is 21.2. The molecular formula is C20H16F4N4O2S. The van der Waals surface area contributed by atoms with Gasteiger partial charge in [-0.05, 0) is 54.8 Å². The standard InChI is InChI=1S/C20H16F4N4O2S/c21-13-6-4-11(5-7-13)17-16(12-2-1-3-15(10-12)31(25,29)30)18(26-14-8-9-14)28-19(27-17)20(22,23)24/h1-7,10,14H,8-9H2,(H2,25,29,30)(H,26,27,28). The summed E-state index contributed by atoms with van der Waals surface area (Å²) in [6, 6.07) is 10.2. The third-order valence-electron chi connectivity index (χ3n) is 4.65. The zero-order valence-corrected chi connectivity index (χ0v) is 16.6. The van der Waals surface area contributed by atoms with Crippen LogP contribution in [0.3, 0.4) is 0 Å². The fourth-order valence-electron chi connectivity index (χ4n) is 3.03. The number of primary sulfonamides is 1. The normalized spacial score (nSPS) is 14.5. The molecule has 31 heavy (non-hydrogen) atoms. The number of benzene rings is 2. The minimum Gasteiger partial charge on any atom is -0.367 e. The van der Waals surface area contributed by atoms with E-state index in [9.17, 15) is 26.0 Å². The van der Waals surface area contributed by atoms with Crippen LogP contribution in [0.15, 0.2) is 53.4 Å². The minimum absolute atomic E-state index is 0.0581. The van der Waals surface area contributed by atoms with Gasteiger partial charge < -0.3 is 5.32 Å². The first-order valence-electron chi connectivity index (χ1n) is 9.17. The van der Waals surface area contributed by atoms with E-state index in [1.807, 2.05) is 0 Å². The molecule has 1 aromatic heterocycles. The molecule has 0 aliphatic heterocycles. The van der Waals surface area contributed by atoms with Gasteiger partial charge in [-0.25, -0.2) is 27.9 Å². The van der Waals surface area contributed by atoms with E-state index in [1.165, 1.54) is 36.4 Å². The summed E-state index contributed by atoms with van der Waals surface area (Å²) in [5, 5.41) is 8.18. The Balaban J connectivity index is 2.02. The molecular weight excluding hydrogens is 436 g/mol. The van der Waals surface area contributed by atoms with Crippen molar-refractivity contribution < 1.29 is 26.0 Å². The summed E-state index contributed by atoms with van der Waals surface area (Å²) in [5.74, 6) is -2.01. The monoisotopic (exact) mass is 452 g/mol. The minimum atomic E-state index is -4.82. The zero-order valence-electron chi connectivity index (χ0n) is 15.8. The lowest BCUT2D eigenvalue weighted by atomic mass is 9.99. The van der Waals surface area contributed by atoms with E-state index in [4.69, 9.17) is 5.14 Å². The molecule has 0 bridgehead atoms. The molecule has 0 atom stereocenters.